The van der Waals surface area contributed by atoms with E-state index in [9.17, 15) is 4.79 Å². The van der Waals surface area contributed by atoms with Gasteiger partial charge in [0.15, 0.2) is 0 Å². The Kier molecular flexibility index (Phi) is 3.63. The number of allylic oxidation sites excluding steroid dienone is 1. The minimum absolute atomic E-state index is 0.101. The van der Waals surface area contributed by atoms with Crippen LogP contribution in [0.15, 0.2) is 47.3 Å². The summed E-state index contributed by atoms with van der Waals surface area (Å²) in [5.41, 5.74) is 2.65. The Morgan fingerprint density at radius 1 is 1.22 bits per heavy atom. The molecule has 0 amide bonds. The quantitative estimate of drug-likeness (QED) is 0.897. The molecule has 2 aromatic rings. The van der Waals surface area contributed by atoms with Gasteiger partial charge in [0.1, 0.15) is 5.75 Å². The molecular formula is C15H15NO2. The van der Waals surface area contributed by atoms with E-state index < -0.39 is 0 Å². The highest BCUT2D eigenvalue weighted by molar-refractivity contribution is 5.68. The second kappa shape index (κ2) is 5.36. The molecule has 0 aliphatic rings. The van der Waals surface area contributed by atoms with Crippen molar-refractivity contribution in [3.05, 3.63) is 58.4 Å². The highest BCUT2D eigenvalue weighted by atomic mass is 16.5. The van der Waals surface area contributed by atoms with E-state index in [0.717, 1.165) is 22.6 Å². The van der Waals surface area contributed by atoms with Gasteiger partial charge in [-0.1, -0.05) is 18.2 Å². The van der Waals surface area contributed by atoms with Crippen LogP contribution >= 0.6 is 0 Å². The number of nitrogens with one attached hydrogen (secondary N) is 1. The van der Waals surface area contributed by atoms with E-state index in [2.05, 4.69) is 4.98 Å². The van der Waals surface area contributed by atoms with Crippen LogP contribution in [0.3, 0.4) is 0 Å². The van der Waals surface area contributed by atoms with E-state index in [1.807, 2.05) is 43.3 Å². The molecule has 1 aromatic heterocycles. The van der Waals surface area contributed by atoms with Crippen LogP contribution in [0, 0.1) is 0 Å². The number of methoxy groups -OCH3 is 1. The molecule has 0 fully saturated rings. The second-order valence-corrected chi connectivity index (χ2v) is 3.89. The number of pyridine rings is 1. The van der Waals surface area contributed by atoms with Gasteiger partial charge in [-0.25, -0.2) is 0 Å². The highest BCUT2D eigenvalue weighted by Crippen LogP contribution is 2.26. The Morgan fingerprint density at radius 3 is 2.72 bits per heavy atom. The molecule has 3 heteroatoms. The van der Waals surface area contributed by atoms with Gasteiger partial charge in [-0.3, -0.25) is 4.79 Å². The molecule has 18 heavy (non-hydrogen) atoms. The van der Waals surface area contributed by atoms with Crippen LogP contribution < -0.4 is 10.3 Å². The predicted molar refractivity (Wildman–Crippen MR) is 73.8 cm³/mol. The van der Waals surface area contributed by atoms with Crippen molar-refractivity contribution in [1.82, 2.24) is 4.98 Å². The first-order chi connectivity index (χ1) is 8.74. The molecule has 3 nitrogen and oxygen atoms in total. The lowest BCUT2D eigenvalue weighted by Gasteiger charge is -2.08. The molecule has 1 heterocycles. The normalized spacial score (nSPS) is 10.8. The number of hydrogen-bond acceptors (Lipinski definition) is 2. The monoisotopic (exact) mass is 241 g/mol. The molecule has 0 bridgehead atoms. The molecule has 0 atom stereocenters. The molecule has 0 saturated carbocycles. The molecule has 0 saturated heterocycles. The molecule has 0 spiro atoms. The summed E-state index contributed by atoms with van der Waals surface area (Å²) in [7, 11) is 1.65. The Bertz CT molecular complexity index is 626. The third kappa shape index (κ3) is 2.51. The Morgan fingerprint density at radius 2 is 2.06 bits per heavy atom. The number of ether oxygens (including phenoxy) is 1. The van der Waals surface area contributed by atoms with E-state index in [-0.39, 0.29) is 5.56 Å². The average Bonchev–Trinajstić information content (AvgIpc) is 2.39. The fraction of sp³-hybridized carbons (Fsp3) is 0.133. The molecule has 0 aliphatic carbocycles. The van der Waals surface area contributed by atoms with E-state index in [0.29, 0.717) is 0 Å². The van der Waals surface area contributed by atoms with Crippen molar-refractivity contribution in [3.8, 4) is 17.0 Å². The van der Waals surface area contributed by atoms with Crippen LogP contribution in [0.1, 0.15) is 12.5 Å². The van der Waals surface area contributed by atoms with E-state index in [4.69, 9.17) is 4.74 Å². The van der Waals surface area contributed by atoms with Crippen molar-refractivity contribution in [3.63, 3.8) is 0 Å². The van der Waals surface area contributed by atoms with Crippen LogP contribution in [-0.4, -0.2) is 12.1 Å². The summed E-state index contributed by atoms with van der Waals surface area (Å²) in [5.74, 6) is 0.815. The standard InChI is InChI=1S/C15H15NO2/c1-3-5-12-10-11(8-9-14(12)18-2)13-6-4-7-15(17)16-13/h3-10H,1-2H3,(H,16,17). The van der Waals surface area contributed by atoms with E-state index >= 15 is 0 Å². The molecule has 1 aromatic carbocycles. The van der Waals surface area contributed by atoms with Crippen LogP contribution in [0.25, 0.3) is 17.3 Å². The van der Waals surface area contributed by atoms with Crippen molar-refractivity contribution >= 4 is 6.08 Å². The lowest BCUT2D eigenvalue weighted by atomic mass is 10.1. The van der Waals surface area contributed by atoms with Gasteiger partial charge in [0.05, 0.1) is 7.11 Å². The summed E-state index contributed by atoms with van der Waals surface area (Å²) in [5, 5.41) is 0. The summed E-state index contributed by atoms with van der Waals surface area (Å²) in [6, 6.07) is 10.9. The fourth-order valence-corrected chi connectivity index (χ4v) is 1.83. The van der Waals surface area contributed by atoms with Crippen LogP contribution in [-0.2, 0) is 0 Å². The smallest absolute Gasteiger partial charge is 0.248 e. The van der Waals surface area contributed by atoms with Gasteiger partial charge in [-0.2, -0.15) is 0 Å². The number of hydrogen-bond donors (Lipinski definition) is 1. The second-order valence-electron chi connectivity index (χ2n) is 3.89. The molecule has 0 radical (unpaired) electrons. The topological polar surface area (TPSA) is 42.1 Å². The maximum atomic E-state index is 11.3. The lowest BCUT2D eigenvalue weighted by molar-refractivity contribution is 0.414. The SMILES string of the molecule is CC=Cc1cc(-c2cccc(=O)[nH]2)ccc1OC. The minimum atomic E-state index is -0.101. The van der Waals surface area contributed by atoms with Crippen LogP contribution in [0.4, 0.5) is 0 Å². The predicted octanol–water partition coefficient (Wildman–Crippen LogP) is 3.08. The molecule has 1 N–H and O–H groups in total. The first-order valence-corrected chi connectivity index (χ1v) is 5.75. The van der Waals surface area contributed by atoms with Crippen LogP contribution in [0.5, 0.6) is 5.75 Å². The third-order valence-electron chi connectivity index (χ3n) is 2.66. The van der Waals surface area contributed by atoms with Gasteiger partial charge < -0.3 is 9.72 Å². The molecule has 0 unspecified atom stereocenters. The third-order valence-corrected chi connectivity index (χ3v) is 2.66. The average molecular weight is 241 g/mol. The van der Waals surface area contributed by atoms with Crippen molar-refractivity contribution in [2.75, 3.05) is 7.11 Å². The van der Waals surface area contributed by atoms with Gasteiger partial charge in [0, 0.05) is 17.3 Å². The first-order valence-electron chi connectivity index (χ1n) is 5.75. The number of aromatic nitrogens is 1. The highest BCUT2D eigenvalue weighted by Gasteiger charge is 2.04. The summed E-state index contributed by atoms with van der Waals surface area (Å²) >= 11 is 0. The van der Waals surface area contributed by atoms with E-state index in [1.54, 1.807) is 13.2 Å². The fourth-order valence-electron chi connectivity index (χ4n) is 1.83. The number of H-pyrrole nitrogens is 1. The summed E-state index contributed by atoms with van der Waals surface area (Å²) in [4.78, 5) is 14.1. The Labute approximate surface area is 106 Å². The van der Waals surface area contributed by atoms with Crippen molar-refractivity contribution in [2.24, 2.45) is 0 Å². The zero-order chi connectivity index (χ0) is 13.0. The zero-order valence-electron chi connectivity index (χ0n) is 10.4. The van der Waals surface area contributed by atoms with Gasteiger partial charge in [0.2, 0.25) is 5.56 Å². The Balaban J connectivity index is 2.53. The molecule has 2 rings (SSSR count). The lowest BCUT2D eigenvalue weighted by Crippen LogP contribution is -2.03. The molecular weight excluding hydrogens is 226 g/mol. The number of aromatic amines is 1. The summed E-state index contributed by atoms with van der Waals surface area (Å²) < 4.78 is 5.29. The largest absolute Gasteiger partial charge is 0.496 e. The van der Waals surface area contributed by atoms with Gasteiger partial charge >= 0.3 is 0 Å². The van der Waals surface area contributed by atoms with Gasteiger partial charge in [-0.15, -0.1) is 0 Å². The summed E-state index contributed by atoms with van der Waals surface area (Å²) in [6.07, 6.45) is 3.93. The first kappa shape index (κ1) is 12.2. The van der Waals surface area contributed by atoms with Gasteiger partial charge in [0.25, 0.3) is 0 Å². The minimum Gasteiger partial charge on any atom is -0.496 e. The van der Waals surface area contributed by atoms with Gasteiger partial charge in [-0.05, 0) is 36.8 Å². The summed E-state index contributed by atoms with van der Waals surface area (Å²) in [6.45, 7) is 1.95. The van der Waals surface area contributed by atoms with E-state index in [1.165, 1.54) is 6.07 Å². The maximum absolute atomic E-state index is 11.3. The number of benzene rings is 1. The molecule has 92 valence electrons. The maximum Gasteiger partial charge on any atom is 0.248 e. The number of rotatable bonds is 3. The molecule has 0 aliphatic heterocycles. The van der Waals surface area contributed by atoms with Crippen molar-refractivity contribution < 1.29 is 4.74 Å². The van der Waals surface area contributed by atoms with Crippen molar-refractivity contribution in [1.29, 1.82) is 0 Å². The van der Waals surface area contributed by atoms with Crippen molar-refractivity contribution in [2.45, 2.75) is 6.92 Å². The zero-order valence-corrected chi connectivity index (χ0v) is 10.4. The Hall–Kier alpha value is -2.29. The van der Waals surface area contributed by atoms with Crippen LogP contribution in [0.2, 0.25) is 0 Å².